The zero-order valence-electron chi connectivity index (χ0n) is 16.5. The molecule has 2 aliphatic rings. The fourth-order valence-electron chi connectivity index (χ4n) is 3.79. The van der Waals surface area contributed by atoms with Crippen molar-refractivity contribution in [1.29, 1.82) is 5.41 Å². The van der Waals surface area contributed by atoms with Crippen LogP contribution in [0.2, 0.25) is 0 Å². The molecule has 1 saturated heterocycles. The van der Waals surface area contributed by atoms with Gasteiger partial charge in [0.1, 0.15) is 11.5 Å². The molecular formula is C22H24FN5O. The van der Waals surface area contributed by atoms with Gasteiger partial charge in [0.25, 0.3) is 0 Å². The van der Waals surface area contributed by atoms with E-state index in [0.717, 1.165) is 30.8 Å². The smallest absolute Gasteiger partial charge is 0.190 e. The molecule has 1 aliphatic heterocycles. The lowest BCUT2D eigenvalue weighted by Crippen LogP contribution is -2.37. The van der Waals surface area contributed by atoms with Gasteiger partial charge in [0.05, 0.1) is 16.7 Å². The lowest BCUT2D eigenvalue weighted by Gasteiger charge is -2.20. The quantitative estimate of drug-likeness (QED) is 0.733. The highest BCUT2D eigenvalue weighted by atomic mass is 19.1. The first-order chi connectivity index (χ1) is 13.8. The van der Waals surface area contributed by atoms with E-state index in [1.807, 2.05) is 18.2 Å². The molecule has 7 heteroatoms. The van der Waals surface area contributed by atoms with Crippen LogP contribution in [0.4, 0.5) is 10.2 Å². The van der Waals surface area contributed by atoms with Crippen molar-refractivity contribution >= 4 is 28.1 Å². The van der Waals surface area contributed by atoms with Crippen molar-refractivity contribution in [2.75, 3.05) is 18.0 Å². The molecule has 29 heavy (non-hydrogen) atoms. The molecule has 0 spiro atoms. The van der Waals surface area contributed by atoms with Crippen LogP contribution < -0.4 is 10.2 Å². The van der Waals surface area contributed by atoms with Crippen LogP contribution in [-0.2, 0) is 0 Å². The highest BCUT2D eigenvalue weighted by Crippen LogP contribution is 2.32. The number of aliphatic hydroxyl groups excluding tert-OH is 1. The summed E-state index contributed by atoms with van der Waals surface area (Å²) >= 11 is 0. The van der Waals surface area contributed by atoms with E-state index >= 15 is 0 Å². The monoisotopic (exact) mass is 393 g/mol. The van der Waals surface area contributed by atoms with Crippen LogP contribution in [0.3, 0.4) is 0 Å². The number of halogens is 1. The summed E-state index contributed by atoms with van der Waals surface area (Å²) in [4.78, 5) is 11.5. The number of nitrogens with zero attached hydrogens (tertiary/aromatic N) is 3. The second-order valence-electron chi connectivity index (χ2n) is 7.78. The summed E-state index contributed by atoms with van der Waals surface area (Å²) in [6, 6.07) is 8.26. The second-order valence-corrected chi connectivity index (χ2v) is 7.78. The predicted molar refractivity (Wildman–Crippen MR) is 114 cm³/mol. The lowest BCUT2D eigenvalue weighted by molar-refractivity contribution is 0.413. The Bertz CT molecular complexity index is 1070. The first-order valence-electron chi connectivity index (χ1n) is 9.71. The summed E-state index contributed by atoms with van der Waals surface area (Å²) in [7, 11) is 0. The van der Waals surface area contributed by atoms with Crippen LogP contribution >= 0.6 is 0 Å². The van der Waals surface area contributed by atoms with Gasteiger partial charge in [-0.3, -0.25) is 5.41 Å². The molecular weight excluding hydrogens is 369 g/mol. The minimum Gasteiger partial charge on any atom is -0.504 e. The third kappa shape index (κ3) is 3.65. The fourth-order valence-corrected chi connectivity index (χ4v) is 3.79. The van der Waals surface area contributed by atoms with Crippen molar-refractivity contribution in [3.63, 3.8) is 0 Å². The summed E-state index contributed by atoms with van der Waals surface area (Å²) in [6.07, 6.45) is 2.56. The van der Waals surface area contributed by atoms with Crippen LogP contribution in [0.5, 0.6) is 0 Å². The maximum Gasteiger partial charge on any atom is 0.190 e. The van der Waals surface area contributed by atoms with Crippen LogP contribution in [0, 0.1) is 5.41 Å². The number of aromatic nitrogens is 2. The van der Waals surface area contributed by atoms with Gasteiger partial charge in [0.2, 0.25) is 0 Å². The van der Waals surface area contributed by atoms with Gasteiger partial charge in [-0.25, -0.2) is 14.4 Å². The number of hydrogen-bond acceptors (Lipinski definition) is 6. The number of nitrogens with one attached hydrogen (secondary N) is 2. The van der Waals surface area contributed by atoms with Crippen molar-refractivity contribution in [1.82, 2.24) is 15.3 Å². The molecule has 0 saturated carbocycles. The standard InChI is InChI=1S/C22H24FN5O/c1-12(2)25-14-8-9-28(11-14)19-7-6-17-18(27-19)5-4-16(26-17)15-10-13(3)21(24)20(23)22(15)29/h4-7,10,12,14,24-25,29H,3,8-9,11H2,1-2H3. The van der Waals surface area contributed by atoms with E-state index in [0.29, 0.717) is 23.3 Å². The molecule has 1 unspecified atom stereocenters. The molecule has 0 amide bonds. The zero-order valence-corrected chi connectivity index (χ0v) is 16.5. The zero-order chi connectivity index (χ0) is 20.7. The van der Waals surface area contributed by atoms with Crippen LogP contribution in [0.15, 0.2) is 54.1 Å². The predicted octanol–water partition coefficient (Wildman–Crippen LogP) is 3.92. The first kappa shape index (κ1) is 19.3. The van der Waals surface area contributed by atoms with Gasteiger partial charge in [0, 0.05) is 30.7 Å². The first-order valence-corrected chi connectivity index (χ1v) is 9.71. The highest BCUT2D eigenvalue weighted by molar-refractivity contribution is 6.15. The minimum absolute atomic E-state index is 0.198. The van der Waals surface area contributed by atoms with E-state index in [4.69, 9.17) is 10.4 Å². The summed E-state index contributed by atoms with van der Waals surface area (Å²) in [6.45, 7) is 9.83. The summed E-state index contributed by atoms with van der Waals surface area (Å²) in [5.74, 6) is -0.659. The SMILES string of the molecule is C=C1C=C(c2ccc3nc(N4CCC(NC(C)C)C4)ccc3n2)C(O)=C(F)C1=N. The summed E-state index contributed by atoms with van der Waals surface area (Å²) in [5, 5.41) is 21.3. The third-order valence-corrected chi connectivity index (χ3v) is 5.21. The third-order valence-electron chi connectivity index (χ3n) is 5.21. The van der Waals surface area contributed by atoms with Crippen molar-refractivity contribution in [3.05, 3.63) is 59.8 Å². The minimum atomic E-state index is -0.985. The van der Waals surface area contributed by atoms with Gasteiger partial charge >= 0.3 is 0 Å². The molecule has 0 aromatic carbocycles. The highest BCUT2D eigenvalue weighted by Gasteiger charge is 2.25. The largest absolute Gasteiger partial charge is 0.504 e. The van der Waals surface area contributed by atoms with E-state index in [1.54, 1.807) is 6.07 Å². The summed E-state index contributed by atoms with van der Waals surface area (Å²) in [5.41, 5.74) is 1.81. The van der Waals surface area contributed by atoms with Gasteiger partial charge in [-0.15, -0.1) is 0 Å². The van der Waals surface area contributed by atoms with Crippen molar-refractivity contribution in [2.45, 2.75) is 32.4 Å². The Morgan fingerprint density at radius 1 is 1.24 bits per heavy atom. The number of allylic oxidation sites excluding steroid dienone is 4. The molecule has 1 aliphatic carbocycles. The van der Waals surface area contributed by atoms with Crippen LogP contribution in [-0.4, -0.2) is 46.0 Å². The molecule has 1 fully saturated rings. The fraction of sp³-hybridized carbons (Fsp3) is 0.318. The number of rotatable bonds is 4. The van der Waals surface area contributed by atoms with Gasteiger partial charge in [-0.1, -0.05) is 20.4 Å². The lowest BCUT2D eigenvalue weighted by atomic mass is 9.96. The topological polar surface area (TPSA) is 85.1 Å². The molecule has 2 aromatic rings. The van der Waals surface area contributed by atoms with Gasteiger partial charge in [0.15, 0.2) is 11.6 Å². The Hall–Kier alpha value is -3.06. The molecule has 0 radical (unpaired) electrons. The van der Waals surface area contributed by atoms with Gasteiger partial charge in [-0.2, -0.15) is 0 Å². The molecule has 1 atom stereocenters. The van der Waals surface area contributed by atoms with Crippen molar-refractivity contribution < 1.29 is 9.50 Å². The average molecular weight is 393 g/mol. The molecule has 150 valence electrons. The van der Waals surface area contributed by atoms with Crippen LogP contribution in [0.25, 0.3) is 16.6 Å². The normalized spacial score (nSPS) is 20.2. The van der Waals surface area contributed by atoms with E-state index in [-0.39, 0.29) is 11.1 Å². The van der Waals surface area contributed by atoms with Crippen molar-refractivity contribution in [3.8, 4) is 0 Å². The molecule has 0 bridgehead atoms. The van der Waals surface area contributed by atoms with E-state index in [2.05, 4.69) is 35.6 Å². The van der Waals surface area contributed by atoms with Crippen molar-refractivity contribution in [2.24, 2.45) is 0 Å². The number of aliphatic hydroxyl groups is 1. The molecule has 3 heterocycles. The molecule has 6 nitrogen and oxygen atoms in total. The van der Waals surface area contributed by atoms with E-state index < -0.39 is 17.3 Å². The summed E-state index contributed by atoms with van der Waals surface area (Å²) < 4.78 is 14.1. The molecule has 2 aromatic heterocycles. The van der Waals surface area contributed by atoms with E-state index in [9.17, 15) is 9.50 Å². The Kier molecular flexibility index (Phi) is 4.92. The van der Waals surface area contributed by atoms with Gasteiger partial charge < -0.3 is 15.3 Å². The maximum absolute atomic E-state index is 14.1. The molecule has 4 rings (SSSR count). The Morgan fingerprint density at radius 3 is 2.72 bits per heavy atom. The second kappa shape index (κ2) is 7.40. The van der Waals surface area contributed by atoms with Crippen LogP contribution in [0.1, 0.15) is 26.0 Å². The Labute approximate surface area is 169 Å². The molecule has 3 N–H and O–H groups in total. The average Bonchev–Trinajstić information content (AvgIpc) is 3.16. The van der Waals surface area contributed by atoms with Gasteiger partial charge in [-0.05, 0) is 42.3 Å². The Morgan fingerprint density at radius 2 is 1.97 bits per heavy atom. The number of anilines is 1. The Balaban J connectivity index is 1.61. The van der Waals surface area contributed by atoms with E-state index in [1.165, 1.54) is 6.08 Å². The number of pyridine rings is 2. The number of hydrogen-bond donors (Lipinski definition) is 3. The maximum atomic E-state index is 14.1. The number of fused-ring (bicyclic) bond motifs is 1.